The summed E-state index contributed by atoms with van der Waals surface area (Å²) in [5.74, 6) is -2.56. The van der Waals surface area contributed by atoms with Crippen molar-refractivity contribution in [3.8, 4) is 11.1 Å². The average molecular weight is 612 g/mol. The van der Waals surface area contributed by atoms with Crippen molar-refractivity contribution < 1.29 is 24.2 Å². The SMILES string of the molecule is O=C(N[C@@H](Cc1csc2ccccc12)C(=O)O)[C@@H](Cc1ccc(-c2ccccc2)cc1)CP(=O)(O)CCc1ccccc1. The molecule has 0 bridgehead atoms. The molecule has 3 atom stereocenters. The van der Waals surface area contributed by atoms with Gasteiger partial charge in [-0.2, -0.15) is 0 Å². The highest BCUT2D eigenvalue weighted by molar-refractivity contribution is 7.58. The van der Waals surface area contributed by atoms with E-state index >= 15 is 0 Å². The van der Waals surface area contributed by atoms with Crippen LogP contribution in [-0.4, -0.2) is 40.2 Å². The van der Waals surface area contributed by atoms with Crippen molar-refractivity contribution in [2.45, 2.75) is 25.3 Å². The predicted molar refractivity (Wildman–Crippen MR) is 174 cm³/mol. The van der Waals surface area contributed by atoms with Crippen molar-refractivity contribution >= 4 is 40.7 Å². The van der Waals surface area contributed by atoms with Crippen LogP contribution in [-0.2, 0) is 33.4 Å². The van der Waals surface area contributed by atoms with Gasteiger partial charge in [0.05, 0.1) is 5.92 Å². The molecule has 0 aliphatic carbocycles. The van der Waals surface area contributed by atoms with Crippen LogP contribution in [0.5, 0.6) is 0 Å². The number of nitrogens with one attached hydrogen (secondary N) is 1. The minimum Gasteiger partial charge on any atom is -0.480 e. The fourth-order valence-corrected chi connectivity index (χ4v) is 8.02. The monoisotopic (exact) mass is 611 g/mol. The first-order chi connectivity index (χ1) is 20.8. The highest BCUT2D eigenvalue weighted by Gasteiger charge is 2.32. The molecule has 1 unspecified atom stereocenters. The van der Waals surface area contributed by atoms with E-state index in [1.807, 2.05) is 115 Å². The number of hydrogen-bond donors (Lipinski definition) is 3. The summed E-state index contributed by atoms with van der Waals surface area (Å²) < 4.78 is 14.5. The highest BCUT2D eigenvalue weighted by Crippen LogP contribution is 2.44. The largest absolute Gasteiger partial charge is 0.480 e. The lowest BCUT2D eigenvalue weighted by atomic mass is 9.96. The normalized spacial score (nSPS) is 14.1. The molecule has 1 aromatic heterocycles. The van der Waals surface area contributed by atoms with Crippen molar-refractivity contribution in [2.24, 2.45) is 5.92 Å². The lowest BCUT2D eigenvalue weighted by molar-refractivity contribution is -0.142. The van der Waals surface area contributed by atoms with Gasteiger partial charge in [-0.25, -0.2) is 4.79 Å². The molecule has 6 nitrogen and oxygen atoms in total. The van der Waals surface area contributed by atoms with Gasteiger partial charge in [-0.05, 0) is 57.5 Å². The van der Waals surface area contributed by atoms with Crippen LogP contribution in [0.1, 0.15) is 16.7 Å². The number of benzene rings is 4. The molecule has 4 aromatic carbocycles. The lowest BCUT2D eigenvalue weighted by Crippen LogP contribution is -2.46. The average Bonchev–Trinajstić information content (AvgIpc) is 3.43. The van der Waals surface area contributed by atoms with Gasteiger partial charge >= 0.3 is 5.97 Å². The van der Waals surface area contributed by atoms with Gasteiger partial charge < -0.3 is 15.3 Å². The summed E-state index contributed by atoms with van der Waals surface area (Å²) >= 11 is 1.53. The molecular weight excluding hydrogens is 577 g/mol. The van der Waals surface area contributed by atoms with Gasteiger partial charge in [0.2, 0.25) is 13.3 Å². The number of carbonyl (C=O) groups excluding carboxylic acids is 1. The third-order valence-corrected chi connectivity index (χ3v) is 10.6. The van der Waals surface area contributed by atoms with E-state index in [1.165, 1.54) is 11.3 Å². The van der Waals surface area contributed by atoms with E-state index < -0.39 is 31.2 Å². The van der Waals surface area contributed by atoms with Crippen LogP contribution in [0.15, 0.2) is 115 Å². The molecule has 220 valence electrons. The number of carbonyl (C=O) groups is 2. The van der Waals surface area contributed by atoms with Crippen LogP contribution in [0.4, 0.5) is 0 Å². The Morgan fingerprint density at radius 1 is 0.767 bits per heavy atom. The molecule has 3 N–H and O–H groups in total. The standard InChI is InChI=1S/C35H34NO5PS/c37-34(36-32(35(38)39)22-30-24-43-33-14-8-7-13-31(30)33)29(23-42(40,41)20-19-25-9-3-1-4-10-25)21-26-15-17-28(18-16-26)27-11-5-2-6-12-27/h1-18,24,29,32H,19-23H2,(H,36,37)(H,38,39)(H,40,41)/t29-,32-/m0/s1. The molecular formula is C35H34NO5PS. The van der Waals surface area contributed by atoms with E-state index in [0.717, 1.165) is 37.9 Å². The Morgan fingerprint density at radius 3 is 2.09 bits per heavy atom. The zero-order valence-electron chi connectivity index (χ0n) is 23.6. The first kappa shape index (κ1) is 30.4. The molecule has 8 heteroatoms. The number of carboxylic acid groups (broad SMARTS) is 1. The minimum absolute atomic E-state index is 0.0387. The smallest absolute Gasteiger partial charge is 0.326 e. The van der Waals surface area contributed by atoms with Crippen LogP contribution < -0.4 is 5.32 Å². The quantitative estimate of drug-likeness (QED) is 0.124. The van der Waals surface area contributed by atoms with E-state index in [9.17, 15) is 24.2 Å². The third kappa shape index (κ3) is 8.29. The van der Waals surface area contributed by atoms with Gasteiger partial charge in [0.25, 0.3) is 0 Å². The number of aliphatic carboxylic acids is 1. The van der Waals surface area contributed by atoms with Crippen LogP contribution >= 0.6 is 18.7 Å². The van der Waals surface area contributed by atoms with Crippen LogP contribution in [0.25, 0.3) is 21.2 Å². The van der Waals surface area contributed by atoms with Crippen molar-refractivity contribution in [3.05, 3.63) is 131 Å². The number of fused-ring (bicyclic) bond motifs is 1. The first-order valence-corrected chi connectivity index (χ1v) is 17.2. The van der Waals surface area contributed by atoms with Gasteiger partial charge in [0.15, 0.2) is 0 Å². The van der Waals surface area contributed by atoms with Crippen molar-refractivity contribution in [1.29, 1.82) is 0 Å². The van der Waals surface area contributed by atoms with Crippen molar-refractivity contribution in [2.75, 3.05) is 12.3 Å². The zero-order chi connectivity index (χ0) is 30.2. The van der Waals surface area contributed by atoms with E-state index in [4.69, 9.17) is 0 Å². The lowest BCUT2D eigenvalue weighted by Gasteiger charge is -2.23. The molecule has 1 amide bonds. The summed E-state index contributed by atoms with van der Waals surface area (Å²) in [6.45, 7) is 0. The van der Waals surface area contributed by atoms with Crippen molar-refractivity contribution in [1.82, 2.24) is 5.32 Å². The topological polar surface area (TPSA) is 104 Å². The Kier molecular flexibility index (Phi) is 9.88. The Balaban J connectivity index is 1.34. The predicted octanol–water partition coefficient (Wildman–Crippen LogP) is 7.05. The molecule has 0 fully saturated rings. The molecule has 5 aromatic rings. The summed E-state index contributed by atoms with van der Waals surface area (Å²) in [5.41, 5.74) is 4.71. The summed E-state index contributed by atoms with van der Waals surface area (Å²) in [7, 11) is -3.73. The Hall–Kier alpha value is -4.03. The Morgan fingerprint density at radius 2 is 1.40 bits per heavy atom. The summed E-state index contributed by atoms with van der Waals surface area (Å²) in [6.07, 6.45) is 0.549. The highest BCUT2D eigenvalue weighted by atomic mass is 32.1. The number of aryl methyl sites for hydroxylation is 1. The second kappa shape index (κ2) is 14.0. The maximum absolute atomic E-state index is 13.7. The molecule has 0 saturated carbocycles. The van der Waals surface area contributed by atoms with Crippen LogP contribution in [0, 0.1) is 5.92 Å². The molecule has 43 heavy (non-hydrogen) atoms. The summed E-state index contributed by atoms with van der Waals surface area (Å²) in [4.78, 5) is 37.0. The van der Waals surface area contributed by atoms with E-state index in [1.54, 1.807) is 0 Å². The maximum atomic E-state index is 13.7. The van der Waals surface area contributed by atoms with Gasteiger partial charge in [-0.15, -0.1) is 11.3 Å². The summed E-state index contributed by atoms with van der Waals surface area (Å²) in [5, 5.41) is 15.6. The molecule has 1 heterocycles. The fraction of sp³-hybridized carbons (Fsp3) is 0.200. The Labute approximate surface area is 255 Å². The third-order valence-electron chi connectivity index (χ3n) is 7.61. The van der Waals surface area contributed by atoms with Crippen LogP contribution in [0.2, 0.25) is 0 Å². The van der Waals surface area contributed by atoms with E-state index in [2.05, 4.69) is 5.32 Å². The molecule has 0 radical (unpaired) electrons. The second-order valence-corrected chi connectivity index (χ2v) is 14.2. The number of rotatable bonds is 13. The van der Waals surface area contributed by atoms with Gasteiger partial charge in [0, 0.05) is 23.4 Å². The zero-order valence-corrected chi connectivity index (χ0v) is 25.3. The fourth-order valence-electron chi connectivity index (χ4n) is 5.27. The molecule has 0 aliphatic heterocycles. The molecule has 0 spiro atoms. The van der Waals surface area contributed by atoms with Gasteiger partial charge in [-0.1, -0.05) is 103 Å². The van der Waals surface area contributed by atoms with E-state index in [0.29, 0.717) is 6.42 Å². The van der Waals surface area contributed by atoms with Crippen LogP contribution in [0.3, 0.4) is 0 Å². The first-order valence-electron chi connectivity index (χ1n) is 14.2. The van der Waals surface area contributed by atoms with Gasteiger partial charge in [0.1, 0.15) is 6.04 Å². The second-order valence-electron chi connectivity index (χ2n) is 10.8. The van der Waals surface area contributed by atoms with Gasteiger partial charge in [-0.3, -0.25) is 9.36 Å². The maximum Gasteiger partial charge on any atom is 0.326 e. The van der Waals surface area contributed by atoms with E-state index in [-0.39, 0.29) is 25.2 Å². The minimum atomic E-state index is -3.73. The number of thiophene rings is 1. The number of hydrogen-bond acceptors (Lipinski definition) is 4. The van der Waals surface area contributed by atoms with Crippen molar-refractivity contribution in [3.63, 3.8) is 0 Å². The summed E-state index contributed by atoms with van der Waals surface area (Å²) in [6, 6.07) is 33.8. The molecule has 0 aliphatic rings. The molecule has 0 saturated heterocycles. The Bertz CT molecular complexity index is 1720. The number of carboxylic acids is 1. The molecule has 5 rings (SSSR count). The number of amides is 1.